The number of aliphatic hydroxyl groups excluding tert-OH is 1. The van der Waals surface area contributed by atoms with Crippen LogP contribution >= 0.6 is 0 Å². The zero-order valence-corrected chi connectivity index (χ0v) is 16.1. The molecule has 0 bridgehead atoms. The Morgan fingerprint density at radius 2 is 1.42 bits per heavy atom. The number of aliphatic hydroxyl groups is 1. The van der Waals surface area contributed by atoms with E-state index in [0.29, 0.717) is 0 Å². The summed E-state index contributed by atoms with van der Waals surface area (Å²) in [6.07, 6.45) is 20.7. The van der Waals surface area contributed by atoms with Crippen LogP contribution in [0.3, 0.4) is 0 Å². The minimum absolute atomic E-state index is 0.0174. The lowest BCUT2D eigenvalue weighted by molar-refractivity contribution is -0.124. The Bertz CT molecular complexity index is 315. The summed E-state index contributed by atoms with van der Waals surface area (Å²) < 4.78 is 0. The standard InChI is InChI=1S/C21H41NO2/c1-3-4-5-6-7-8-9-10-11-12-13-14-15-16-17-20(21(22)24)19(2)18-23/h8-9,19-20,23H,3-7,10-18H2,1-2H3,(H2,22,24). The summed E-state index contributed by atoms with van der Waals surface area (Å²) in [5.41, 5.74) is 5.41. The van der Waals surface area contributed by atoms with E-state index < -0.39 is 0 Å². The Balaban J connectivity index is 3.41. The number of rotatable bonds is 17. The van der Waals surface area contributed by atoms with Gasteiger partial charge in [0.05, 0.1) is 0 Å². The van der Waals surface area contributed by atoms with Gasteiger partial charge in [-0.05, 0) is 38.0 Å². The van der Waals surface area contributed by atoms with Crippen molar-refractivity contribution < 1.29 is 9.90 Å². The molecule has 0 aliphatic heterocycles. The van der Waals surface area contributed by atoms with Crippen molar-refractivity contribution in [2.75, 3.05) is 6.61 Å². The monoisotopic (exact) mass is 339 g/mol. The molecule has 0 aromatic heterocycles. The molecule has 0 fully saturated rings. The normalized spacial score (nSPS) is 14.1. The smallest absolute Gasteiger partial charge is 0.220 e. The van der Waals surface area contributed by atoms with Crippen LogP contribution in [-0.4, -0.2) is 17.6 Å². The second-order valence-corrected chi connectivity index (χ2v) is 7.19. The summed E-state index contributed by atoms with van der Waals surface area (Å²) in [6, 6.07) is 0. The molecule has 0 heterocycles. The van der Waals surface area contributed by atoms with Gasteiger partial charge in [-0.1, -0.05) is 77.4 Å². The Morgan fingerprint density at radius 3 is 1.92 bits per heavy atom. The number of allylic oxidation sites excluding steroid dienone is 2. The zero-order chi connectivity index (χ0) is 18.0. The maximum Gasteiger partial charge on any atom is 0.220 e. The number of carbonyl (C=O) groups is 1. The van der Waals surface area contributed by atoms with Gasteiger partial charge in [-0.2, -0.15) is 0 Å². The molecular weight excluding hydrogens is 298 g/mol. The second-order valence-electron chi connectivity index (χ2n) is 7.19. The van der Waals surface area contributed by atoms with Gasteiger partial charge in [-0.3, -0.25) is 4.79 Å². The second kappa shape index (κ2) is 17.0. The van der Waals surface area contributed by atoms with E-state index in [0.717, 1.165) is 19.3 Å². The first-order chi connectivity index (χ1) is 11.6. The molecule has 24 heavy (non-hydrogen) atoms. The third-order valence-electron chi connectivity index (χ3n) is 4.87. The van der Waals surface area contributed by atoms with Gasteiger partial charge in [0, 0.05) is 12.5 Å². The predicted octanol–water partition coefficient (Wildman–Crippen LogP) is 5.36. The highest BCUT2D eigenvalue weighted by Gasteiger charge is 2.21. The maximum absolute atomic E-state index is 11.4. The highest BCUT2D eigenvalue weighted by atomic mass is 16.3. The highest BCUT2D eigenvalue weighted by molar-refractivity contribution is 5.76. The predicted molar refractivity (Wildman–Crippen MR) is 104 cm³/mol. The number of amides is 1. The fourth-order valence-corrected chi connectivity index (χ4v) is 3.09. The van der Waals surface area contributed by atoms with Crippen LogP contribution in [0.25, 0.3) is 0 Å². The summed E-state index contributed by atoms with van der Waals surface area (Å²) in [5, 5.41) is 9.16. The lowest BCUT2D eigenvalue weighted by Crippen LogP contribution is -2.30. The molecule has 2 unspecified atom stereocenters. The van der Waals surface area contributed by atoms with Gasteiger partial charge >= 0.3 is 0 Å². The Kier molecular flexibility index (Phi) is 16.4. The molecule has 0 radical (unpaired) electrons. The van der Waals surface area contributed by atoms with E-state index in [2.05, 4.69) is 19.1 Å². The summed E-state index contributed by atoms with van der Waals surface area (Å²) >= 11 is 0. The van der Waals surface area contributed by atoms with Crippen molar-refractivity contribution in [3.05, 3.63) is 12.2 Å². The van der Waals surface area contributed by atoms with Crippen molar-refractivity contribution in [3.63, 3.8) is 0 Å². The van der Waals surface area contributed by atoms with Crippen molar-refractivity contribution >= 4 is 5.91 Å². The molecule has 0 aromatic carbocycles. The van der Waals surface area contributed by atoms with Crippen LogP contribution in [0.2, 0.25) is 0 Å². The van der Waals surface area contributed by atoms with E-state index in [1.54, 1.807) is 0 Å². The highest BCUT2D eigenvalue weighted by Crippen LogP contribution is 2.19. The molecule has 3 N–H and O–H groups in total. The Hall–Kier alpha value is -0.830. The third-order valence-corrected chi connectivity index (χ3v) is 4.87. The van der Waals surface area contributed by atoms with Gasteiger partial charge in [0.15, 0.2) is 0 Å². The molecule has 0 aliphatic rings. The minimum atomic E-state index is -0.266. The van der Waals surface area contributed by atoms with Gasteiger partial charge in [-0.15, -0.1) is 0 Å². The molecule has 0 saturated heterocycles. The lowest BCUT2D eigenvalue weighted by Gasteiger charge is -2.18. The first-order valence-electron chi connectivity index (χ1n) is 10.2. The summed E-state index contributed by atoms with van der Waals surface area (Å²) in [7, 11) is 0. The minimum Gasteiger partial charge on any atom is -0.396 e. The molecule has 3 heteroatoms. The van der Waals surface area contributed by atoms with E-state index >= 15 is 0 Å². The van der Waals surface area contributed by atoms with Gasteiger partial charge < -0.3 is 10.8 Å². The summed E-state index contributed by atoms with van der Waals surface area (Å²) in [6.45, 7) is 4.19. The van der Waals surface area contributed by atoms with Crippen LogP contribution in [0.4, 0.5) is 0 Å². The van der Waals surface area contributed by atoms with Crippen LogP contribution in [0.15, 0.2) is 12.2 Å². The van der Waals surface area contributed by atoms with Crippen LogP contribution in [0.5, 0.6) is 0 Å². The Labute approximate surface area is 150 Å². The quantitative estimate of drug-likeness (QED) is 0.277. The van der Waals surface area contributed by atoms with E-state index in [4.69, 9.17) is 10.8 Å². The fraction of sp³-hybridized carbons (Fsp3) is 0.857. The number of hydrogen-bond acceptors (Lipinski definition) is 2. The fourth-order valence-electron chi connectivity index (χ4n) is 3.09. The van der Waals surface area contributed by atoms with Crippen LogP contribution < -0.4 is 5.73 Å². The first-order valence-corrected chi connectivity index (χ1v) is 10.2. The molecule has 0 spiro atoms. The summed E-state index contributed by atoms with van der Waals surface area (Å²) in [4.78, 5) is 11.4. The van der Waals surface area contributed by atoms with E-state index in [1.165, 1.54) is 64.2 Å². The van der Waals surface area contributed by atoms with Crippen molar-refractivity contribution in [1.82, 2.24) is 0 Å². The average Bonchev–Trinajstić information content (AvgIpc) is 2.57. The van der Waals surface area contributed by atoms with E-state index in [1.807, 2.05) is 6.92 Å². The van der Waals surface area contributed by atoms with Crippen molar-refractivity contribution in [3.8, 4) is 0 Å². The zero-order valence-electron chi connectivity index (χ0n) is 16.1. The van der Waals surface area contributed by atoms with E-state index in [9.17, 15) is 4.79 Å². The third kappa shape index (κ3) is 13.6. The molecule has 0 aromatic rings. The molecule has 142 valence electrons. The number of hydrogen-bond donors (Lipinski definition) is 2. The molecule has 1 amide bonds. The SMILES string of the molecule is CCCCCCC=CCCCCCCCCC(C(N)=O)C(C)CO. The van der Waals surface area contributed by atoms with Crippen LogP contribution in [0, 0.1) is 11.8 Å². The van der Waals surface area contributed by atoms with Crippen molar-refractivity contribution in [2.45, 2.75) is 97.3 Å². The van der Waals surface area contributed by atoms with Crippen molar-refractivity contribution in [1.29, 1.82) is 0 Å². The van der Waals surface area contributed by atoms with E-state index in [-0.39, 0.29) is 24.3 Å². The largest absolute Gasteiger partial charge is 0.396 e. The lowest BCUT2D eigenvalue weighted by atomic mass is 9.89. The summed E-state index contributed by atoms with van der Waals surface area (Å²) in [5.74, 6) is -0.452. The molecule has 0 saturated carbocycles. The topological polar surface area (TPSA) is 63.3 Å². The number of unbranched alkanes of at least 4 members (excludes halogenated alkanes) is 10. The van der Waals surface area contributed by atoms with Crippen LogP contribution in [0.1, 0.15) is 97.3 Å². The number of nitrogens with two attached hydrogens (primary N) is 1. The maximum atomic E-state index is 11.4. The van der Waals surface area contributed by atoms with Gasteiger partial charge in [-0.25, -0.2) is 0 Å². The molecular formula is C21H41NO2. The first kappa shape index (κ1) is 23.2. The van der Waals surface area contributed by atoms with Gasteiger partial charge in [0.25, 0.3) is 0 Å². The van der Waals surface area contributed by atoms with Gasteiger partial charge in [0.1, 0.15) is 0 Å². The number of primary amides is 1. The molecule has 3 nitrogen and oxygen atoms in total. The molecule has 0 aliphatic carbocycles. The van der Waals surface area contributed by atoms with Crippen molar-refractivity contribution in [2.24, 2.45) is 17.6 Å². The molecule has 2 atom stereocenters. The van der Waals surface area contributed by atoms with Crippen LogP contribution in [-0.2, 0) is 4.79 Å². The van der Waals surface area contributed by atoms with Gasteiger partial charge in [0.2, 0.25) is 5.91 Å². The molecule has 0 rings (SSSR count). The average molecular weight is 340 g/mol. The Morgan fingerprint density at radius 1 is 0.917 bits per heavy atom. The number of carbonyl (C=O) groups excluding carboxylic acids is 1.